The number of nitrogens with one attached hydrogen (secondary N) is 1. The van der Waals surface area contributed by atoms with Gasteiger partial charge in [-0.1, -0.05) is 0 Å². The van der Waals surface area contributed by atoms with E-state index in [9.17, 15) is 14.4 Å². The summed E-state index contributed by atoms with van der Waals surface area (Å²) in [6, 6.07) is 1.84. The van der Waals surface area contributed by atoms with E-state index in [0.29, 0.717) is 31.4 Å². The molecule has 2 rings (SSSR count). The van der Waals surface area contributed by atoms with Crippen LogP contribution in [0.3, 0.4) is 0 Å². The van der Waals surface area contributed by atoms with Crippen LogP contribution >= 0.6 is 11.3 Å². The molecule has 0 aromatic carbocycles. The topological polar surface area (TPSA) is 86.7 Å². The molecule has 0 saturated carbocycles. The summed E-state index contributed by atoms with van der Waals surface area (Å²) in [6.45, 7) is 2.68. The normalized spacial score (nSPS) is 21.0. The van der Waals surface area contributed by atoms with Crippen LogP contribution in [0.15, 0.2) is 16.8 Å². The Morgan fingerprint density at radius 1 is 1.39 bits per heavy atom. The lowest BCUT2D eigenvalue weighted by atomic mass is 9.93. The van der Waals surface area contributed by atoms with E-state index < -0.39 is 11.9 Å². The van der Waals surface area contributed by atoms with Crippen molar-refractivity contribution in [3.05, 3.63) is 22.4 Å². The smallest absolute Gasteiger partial charge is 0.308 e. The minimum atomic E-state index is -0.835. The number of hydrogen-bond acceptors (Lipinski definition) is 4. The van der Waals surface area contributed by atoms with Gasteiger partial charge >= 0.3 is 5.97 Å². The van der Waals surface area contributed by atoms with Gasteiger partial charge in [-0.15, -0.1) is 0 Å². The first-order chi connectivity index (χ1) is 11.0. The molecule has 1 saturated heterocycles. The number of nitrogens with zero attached hydrogens (tertiary/aromatic N) is 1. The number of carbonyl (C=O) groups is 3. The van der Waals surface area contributed by atoms with E-state index in [2.05, 4.69) is 5.32 Å². The molecule has 1 aliphatic heterocycles. The van der Waals surface area contributed by atoms with Gasteiger partial charge in [0.15, 0.2) is 0 Å². The summed E-state index contributed by atoms with van der Waals surface area (Å²) in [4.78, 5) is 36.8. The van der Waals surface area contributed by atoms with Crippen molar-refractivity contribution >= 4 is 29.1 Å². The third kappa shape index (κ3) is 4.79. The molecule has 2 heterocycles. The highest BCUT2D eigenvalue weighted by Crippen LogP contribution is 2.23. The zero-order chi connectivity index (χ0) is 16.8. The summed E-state index contributed by atoms with van der Waals surface area (Å²) in [7, 11) is 0. The first-order valence-electron chi connectivity index (χ1n) is 7.81. The van der Waals surface area contributed by atoms with E-state index in [-0.39, 0.29) is 24.4 Å². The summed E-state index contributed by atoms with van der Waals surface area (Å²) in [5.41, 5.74) is 0.635. The molecule has 1 aromatic rings. The van der Waals surface area contributed by atoms with Gasteiger partial charge in [0.25, 0.3) is 5.91 Å². The van der Waals surface area contributed by atoms with Gasteiger partial charge in [0, 0.05) is 36.5 Å². The fourth-order valence-electron chi connectivity index (χ4n) is 2.74. The minimum absolute atomic E-state index is 0.0340. The molecular weight excluding hydrogens is 316 g/mol. The van der Waals surface area contributed by atoms with Gasteiger partial charge in [-0.2, -0.15) is 11.3 Å². The van der Waals surface area contributed by atoms with Crippen LogP contribution in [0.2, 0.25) is 0 Å². The number of carbonyl (C=O) groups excluding carboxylic acids is 2. The number of likely N-dealkylation sites (tertiary alicyclic amines) is 1. The summed E-state index contributed by atoms with van der Waals surface area (Å²) < 4.78 is 0. The number of rotatable bonds is 6. The number of aliphatic carboxylic acids is 1. The summed E-state index contributed by atoms with van der Waals surface area (Å²) in [5.74, 6) is -1.46. The van der Waals surface area contributed by atoms with Crippen LogP contribution in [0.5, 0.6) is 0 Å². The van der Waals surface area contributed by atoms with Gasteiger partial charge in [0.05, 0.1) is 5.92 Å². The second kappa shape index (κ2) is 8.10. The highest BCUT2D eigenvalue weighted by Gasteiger charge is 2.32. The Labute approximate surface area is 139 Å². The fraction of sp³-hybridized carbons (Fsp3) is 0.562. The van der Waals surface area contributed by atoms with Crippen molar-refractivity contribution in [3.8, 4) is 0 Å². The third-order valence-corrected chi connectivity index (χ3v) is 4.87. The summed E-state index contributed by atoms with van der Waals surface area (Å²) >= 11 is 1.46. The lowest BCUT2D eigenvalue weighted by molar-refractivity contribution is -0.147. The van der Waals surface area contributed by atoms with E-state index >= 15 is 0 Å². The standard InChI is InChI=1S/C16H22N2O4S/c1-11-4-5-12(16(21)22)9-18(11)14(19)3-2-7-17-15(20)13-6-8-23-10-13/h6,8,10-12H,2-5,7,9H2,1H3,(H,17,20)(H,21,22). The van der Waals surface area contributed by atoms with Crippen molar-refractivity contribution in [3.63, 3.8) is 0 Å². The molecule has 6 nitrogen and oxygen atoms in total. The van der Waals surface area contributed by atoms with Gasteiger partial charge in [-0.25, -0.2) is 0 Å². The second-order valence-corrected chi connectivity index (χ2v) is 6.66. The number of carboxylic acid groups (broad SMARTS) is 1. The second-order valence-electron chi connectivity index (χ2n) is 5.88. The van der Waals surface area contributed by atoms with Crippen molar-refractivity contribution in [2.75, 3.05) is 13.1 Å². The Kier molecular flexibility index (Phi) is 6.15. The molecule has 23 heavy (non-hydrogen) atoms. The maximum absolute atomic E-state index is 12.3. The first-order valence-corrected chi connectivity index (χ1v) is 8.76. The van der Waals surface area contributed by atoms with E-state index in [4.69, 9.17) is 5.11 Å². The molecule has 0 radical (unpaired) electrons. The monoisotopic (exact) mass is 338 g/mol. The largest absolute Gasteiger partial charge is 0.481 e. The maximum Gasteiger partial charge on any atom is 0.308 e. The van der Waals surface area contributed by atoms with Crippen molar-refractivity contribution in [1.29, 1.82) is 0 Å². The van der Waals surface area contributed by atoms with Crippen molar-refractivity contribution in [2.45, 2.75) is 38.6 Å². The van der Waals surface area contributed by atoms with Gasteiger partial charge in [-0.3, -0.25) is 14.4 Å². The zero-order valence-corrected chi connectivity index (χ0v) is 14.0. The zero-order valence-electron chi connectivity index (χ0n) is 13.2. The van der Waals surface area contributed by atoms with E-state index in [1.54, 1.807) is 16.3 Å². The van der Waals surface area contributed by atoms with E-state index in [1.165, 1.54) is 11.3 Å². The Hall–Kier alpha value is -1.89. The number of piperidine rings is 1. The Bertz CT molecular complexity index is 558. The quantitative estimate of drug-likeness (QED) is 0.777. The molecular formula is C16H22N2O4S. The fourth-order valence-corrected chi connectivity index (χ4v) is 3.37. The SMILES string of the molecule is CC1CCC(C(=O)O)CN1C(=O)CCCNC(=O)c1ccsc1. The molecule has 2 atom stereocenters. The molecule has 126 valence electrons. The molecule has 1 aromatic heterocycles. The summed E-state index contributed by atoms with van der Waals surface area (Å²) in [5, 5.41) is 15.5. The van der Waals surface area contributed by atoms with Crippen LogP contribution < -0.4 is 5.32 Å². The number of amides is 2. The molecule has 1 fully saturated rings. The van der Waals surface area contributed by atoms with E-state index in [0.717, 1.165) is 6.42 Å². The Morgan fingerprint density at radius 2 is 2.17 bits per heavy atom. The average molecular weight is 338 g/mol. The number of carboxylic acids is 1. The van der Waals surface area contributed by atoms with Crippen LogP contribution in [0.4, 0.5) is 0 Å². The van der Waals surface area contributed by atoms with Gasteiger partial charge in [0.2, 0.25) is 5.91 Å². The summed E-state index contributed by atoms with van der Waals surface area (Å²) in [6.07, 6.45) is 2.21. The van der Waals surface area contributed by atoms with Crippen LogP contribution in [-0.2, 0) is 9.59 Å². The van der Waals surface area contributed by atoms with Crippen molar-refractivity contribution in [1.82, 2.24) is 10.2 Å². The molecule has 1 aliphatic rings. The molecule has 0 spiro atoms. The first kappa shape index (κ1) is 17.5. The molecule has 2 N–H and O–H groups in total. The van der Waals surface area contributed by atoms with Crippen LogP contribution in [-0.4, -0.2) is 46.9 Å². The van der Waals surface area contributed by atoms with Gasteiger partial charge in [-0.05, 0) is 37.6 Å². The number of thiophene rings is 1. The lowest BCUT2D eigenvalue weighted by Crippen LogP contribution is -2.47. The average Bonchev–Trinajstić information content (AvgIpc) is 3.05. The molecule has 0 bridgehead atoms. The predicted molar refractivity (Wildman–Crippen MR) is 87.4 cm³/mol. The van der Waals surface area contributed by atoms with Crippen LogP contribution in [0.25, 0.3) is 0 Å². The highest BCUT2D eigenvalue weighted by atomic mass is 32.1. The maximum atomic E-state index is 12.3. The minimum Gasteiger partial charge on any atom is -0.481 e. The van der Waals surface area contributed by atoms with Crippen LogP contribution in [0, 0.1) is 5.92 Å². The highest BCUT2D eigenvalue weighted by molar-refractivity contribution is 7.08. The molecule has 7 heteroatoms. The predicted octanol–water partition coefficient (Wildman–Crippen LogP) is 1.97. The van der Waals surface area contributed by atoms with Gasteiger partial charge in [0.1, 0.15) is 0 Å². The van der Waals surface area contributed by atoms with Gasteiger partial charge < -0.3 is 15.3 Å². The van der Waals surface area contributed by atoms with Crippen LogP contribution in [0.1, 0.15) is 43.0 Å². The van der Waals surface area contributed by atoms with E-state index in [1.807, 2.05) is 12.3 Å². The Morgan fingerprint density at radius 3 is 2.83 bits per heavy atom. The molecule has 2 amide bonds. The molecule has 2 unspecified atom stereocenters. The third-order valence-electron chi connectivity index (χ3n) is 4.19. The van der Waals surface area contributed by atoms with Crippen molar-refractivity contribution < 1.29 is 19.5 Å². The van der Waals surface area contributed by atoms with Crippen molar-refractivity contribution in [2.24, 2.45) is 5.92 Å². The number of hydrogen-bond donors (Lipinski definition) is 2. The molecule has 0 aliphatic carbocycles. The Balaban J connectivity index is 1.73. The lowest BCUT2D eigenvalue weighted by Gasteiger charge is -2.36.